The zero-order valence-corrected chi connectivity index (χ0v) is 16.9. The van der Waals surface area contributed by atoms with Crippen molar-refractivity contribution in [2.24, 2.45) is 10.7 Å². The van der Waals surface area contributed by atoms with Gasteiger partial charge in [-0.2, -0.15) is 0 Å². The minimum atomic E-state index is 0.462. The first-order valence-electron chi connectivity index (χ1n) is 9.62. The Hall–Kier alpha value is -2.56. The minimum absolute atomic E-state index is 0.462. The van der Waals surface area contributed by atoms with Crippen LogP contribution in [0.25, 0.3) is 0 Å². The molecule has 3 N–H and O–H groups in total. The molecule has 0 bridgehead atoms. The van der Waals surface area contributed by atoms with Crippen molar-refractivity contribution in [3.05, 3.63) is 94.5 Å². The summed E-state index contributed by atoms with van der Waals surface area (Å²) in [6.45, 7) is 3.07. The largest absolute Gasteiger partial charge is 0.383 e. The van der Waals surface area contributed by atoms with Crippen LogP contribution in [0.15, 0.2) is 76.6 Å². The number of nitrogens with one attached hydrogen (secondary N) is 1. The maximum atomic E-state index is 6.22. The summed E-state index contributed by atoms with van der Waals surface area (Å²) in [5, 5.41) is 3.71. The van der Waals surface area contributed by atoms with Crippen molar-refractivity contribution in [1.82, 2.24) is 5.32 Å². The number of thiol groups is 1. The first-order valence-corrected chi connectivity index (χ1v) is 10.1. The number of amidine groups is 1. The summed E-state index contributed by atoms with van der Waals surface area (Å²) in [7, 11) is 0. The van der Waals surface area contributed by atoms with Gasteiger partial charge in [0.1, 0.15) is 5.84 Å². The number of aryl methyl sites for hydroxylation is 1. The van der Waals surface area contributed by atoms with Crippen LogP contribution in [0, 0.1) is 6.92 Å². The molecule has 1 unspecified atom stereocenters. The molecule has 0 saturated heterocycles. The third kappa shape index (κ3) is 4.13. The zero-order valence-electron chi connectivity index (χ0n) is 16.0. The number of rotatable bonds is 5. The van der Waals surface area contributed by atoms with Gasteiger partial charge in [-0.1, -0.05) is 48.5 Å². The molecule has 28 heavy (non-hydrogen) atoms. The van der Waals surface area contributed by atoms with Gasteiger partial charge in [-0.25, -0.2) is 4.99 Å². The van der Waals surface area contributed by atoms with Crippen LogP contribution >= 0.6 is 12.6 Å². The monoisotopic (exact) mass is 387 g/mol. The van der Waals surface area contributed by atoms with Crippen molar-refractivity contribution < 1.29 is 0 Å². The van der Waals surface area contributed by atoms with Crippen LogP contribution in [0.5, 0.6) is 0 Å². The van der Waals surface area contributed by atoms with E-state index >= 15 is 0 Å². The molecule has 0 aliphatic heterocycles. The highest BCUT2D eigenvalue weighted by Crippen LogP contribution is 2.27. The van der Waals surface area contributed by atoms with Gasteiger partial charge in [0.25, 0.3) is 0 Å². The van der Waals surface area contributed by atoms with Crippen LogP contribution in [-0.4, -0.2) is 11.9 Å². The van der Waals surface area contributed by atoms with E-state index in [9.17, 15) is 0 Å². The summed E-state index contributed by atoms with van der Waals surface area (Å²) < 4.78 is 0. The first-order chi connectivity index (χ1) is 13.6. The van der Waals surface area contributed by atoms with Crippen LogP contribution in [0.2, 0.25) is 0 Å². The lowest BCUT2D eigenvalue weighted by molar-refractivity contribution is 0.532. The number of fused-ring (bicyclic) bond motifs is 1. The number of benzene rings is 3. The van der Waals surface area contributed by atoms with E-state index < -0.39 is 0 Å². The number of hydrogen-bond acceptors (Lipinski definition) is 3. The summed E-state index contributed by atoms with van der Waals surface area (Å²) in [5.74, 6) is 0.498. The third-order valence-corrected chi connectivity index (χ3v) is 5.78. The van der Waals surface area contributed by atoms with Crippen molar-refractivity contribution in [1.29, 1.82) is 0 Å². The fraction of sp³-hybridized carbons (Fsp3) is 0.208. The molecule has 0 heterocycles. The van der Waals surface area contributed by atoms with E-state index in [1.807, 2.05) is 24.3 Å². The average Bonchev–Trinajstić information content (AvgIpc) is 3.10. The normalized spacial score (nSPS) is 16.2. The summed E-state index contributed by atoms with van der Waals surface area (Å²) in [6, 6.07) is 23.2. The van der Waals surface area contributed by atoms with E-state index in [0.29, 0.717) is 11.9 Å². The fourth-order valence-corrected chi connectivity index (χ4v) is 4.05. The van der Waals surface area contributed by atoms with E-state index in [4.69, 9.17) is 5.73 Å². The zero-order chi connectivity index (χ0) is 19.5. The van der Waals surface area contributed by atoms with Crippen LogP contribution in [0.3, 0.4) is 0 Å². The number of aliphatic imine (C=N–C) groups is 1. The van der Waals surface area contributed by atoms with E-state index in [1.165, 1.54) is 22.3 Å². The molecule has 4 rings (SSSR count). The molecule has 0 radical (unpaired) electrons. The SMILES string of the molecule is Cc1ccccc1CNC1Cc2ccc(N=C(N)c3ccccc3S)cc2C1. The molecule has 0 amide bonds. The highest BCUT2D eigenvalue weighted by Gasteiger charge is 2.21. The second-order valence-electron chi connectivity index (χ2n) is 7.38. The van der Waals surface area contributed by atoms with Gasteiger partial charge >= 0.3 is 0 Å². The molecule has 3 aromatic rings. The standard InChI is InChI=1S/C24H25N3S/c1-16-6-2-3-7-18(16)15-26-21-12-17-10-11-20(13-19(17)14-21)27-24(25)22-8-4-5-9-23(22)28/h2-11,13,21,26,28H,12,14-15H2,1H3,(H2,25,27). The molecule has 0 fully saturated rings. The highest BCUT2D eigenvalue weighted by molar-refractivity contribution is 7.80. The Labute approximate surface area is 172 Å². The molecular formula is C24H25N3S. The Bertz CT molecular complexity index is 1030. The lowest BCUT2D eigenvalue weighted by Crippen LogP contribution is -2.29. The Kier molecular flexibility index (Phi) is 5.51. The molecule has 0 aromatic heterocycles. The van der Waals surface area contributed by atoms with E-state index in [0.717, 1.165) is 35.5 Å². The van der Waals surface area contributed by atoms with Crippen LogP contribution in [0.4, 0.5) is 5.69 Å². The van der Waals surface area contributed by atoms with Gasteiger partial charge in [0, 0.05) is 23.0 Å². The van der Waals surface area contributed by atoms with E-state index in [2.05, 4.69) is 72.3 Å². The fourth-order valence-electron chi connectivity index (χ4n) is 3.77. The van der Waals surface area contributed by atoms with E-state index in [-0.39, 0.29) is 0 Å². The van der Waals surface area contributed by atoms with Crippen molar-refractivity contribution in [2.75, 3.05) is 0 Å². The second-order valence-corrected chi connectivity index (χ2v) is 7.86. The molecule has 4 heteroatoms. The first kappa shape index (κ1) is 18.8. The van der Waals surface area contributed by atoms with Crippen LogP contribution in [0.1, 0.15) is 27.8 Å². The molecule has 1 atom stereocenters. The van der Waals surface area contributed by atoms with Gasteiger partial charge in [0.2, 0.25) is 0 Å². The van der Waals surface area contributed by atoms with Crippen molar-refractivity contribution in [3.63, 3.8) is 0 Å². The maximum absolute atomic E-state index is 6.22. The Morgan fingerprint density at radius 1 is 1.04 bits per heavy atom. The molecule has 1 aliphatic rings. The van der Waals surface area contributed by atoms with Gasteiger partial charge < -0.3 is 11.1 Å². The second kappa shape index (κ2) is 8.21. The molecular weight excluding hydrogens is 362 g/mol. The van der Waals surface area contributed by atoms with Gasteiger partial charge in [-0.15, -0.1) is 12.6 Å². The molecule has 3 aromatic carbocycles. The Morgan fingerprint density at radius 2 is 1.79 bits per heavy atom. The van der Waals surface area contributed by atoms with Gasteiger partial charge in [-0.05, 0) is 60.2 Å². The number of nitrogens with zero attached hydrogens (tertiary/aromatic N) is 1. The molecule has 3 nitrogen and oxygen atoms in total. The van der Waals surface area contributed by atoms with Crippen LogP contribution < -0.4 is 11.1 Å². The van der Waals surface area contributed by atoms with Crippen molar-refractivity contribution in [2.45, 2.75) is 37.2 Å². The Morgan fingerprint density at radius 3 is 2.61 bits per heavy atom. The smallest absolute Gasteiger partial charge is 0.132 e. The number of hydrogen-bond donors (Lipinski definition) is 3. The minimum Gasteiger partial charge on any atom is -0.383 e. The predicted molar refractivity (Wildman–Crippen MR) is 120 cm³/mol. The summed E-state index contributed by atoms with van der Waals surface area (Å²) in [6.07, 6.45) is 2.08. The van der Waals surface area contributed by atoms with E-state index in [1.54, 1.807) is 0 Å². The highest BCUT2D eigenvalue weighted by atomic mass is 32.1. The predicted octanol–water partition coefficient (Wildman–Crippen LogP) is 4.58. The Balaban J connectivity index is 1.45. The van der Waals surface area contributed by atoms with Gasteiger partial charge in [-0.3, -0.25) is 0 Å². The van der Waals surface area contributed by atoms with Gasteiger partial charge in [0.05, 0.1) is 5.69 Å². The summed E-state index contributed by atoms with van der Waals surface area (Å²) >= 11 is 4.47. The number of nitrogens with two attached hydrogens (primary N) is 1. The summed E-state index contributed by atoms with van der Waals surface area (Å²) in [5.41, 5.74) is 13.4. The third-order valence-electron chi connectivity index (χ3n) is 5.39. The molecule has 0 saturated carbocycles. The molecule has 142 valence electrons. The summed E-state index contributed by atoms with van der Waals surface area (Å²) in [4.78, 5) is 5.46. The lowest BCUT2D eigenvalue weighted by atomic mass is 10.1. The molecule has 0 spiro atoms. The van der Waals surface area contributed by atoms with Gasteiger partial charge in [0.15, 0.2) is 0 Å². The average molecular weight is 388 g/mol. The van der Waals surface area contributed by atoms with Crippen molar-refractivity contribution >= 4 is 24.2 Å². The van der Waals surface area contributed by atoms with Crippen LogP contribution in [-0.2, 0) is 19.4 Å². The quantitative estimate of drug-likeness (QED) is 0.341. The molecule has 1 aliphatic carbocycles. The van der Waals surface area contributed by atoms with Crippen molar-refractivity contribution in [3.8, 4) is 0 Å². The lowest BCUT2D eigenvalue weighted by Gasteiger charge is -2.13. The topological polar surface area (TPSA) is 50.4 Å². The maximum Gasteiger partial charge on any atom is 0.132 e.